The first-order chi connectivity index (χ1) is 20.4. The third kappa shape index (κ3) is 8.35. The van der Waals surface area contributed by atoms with Crippen LogP contribution < -0.4 is 10.1 Å². The van der Waals surface area contributed by atoms with Crippen molar-refractivity contribution in [2.45, 2.75) is 84.0 Å². The number of carboxylic acid groups (broad SMARTS) is 1. The van der Waals surface area contributed by atoms with E-state index in [1.165, 1.54) is 0 Å². The number of aromatic amines is 1. The zero-order valence-corrected chi connectivity index (χ0v) is 27.2. The monoisotopic (exact) mass is 602 g/mol. The molecule has 0 saturated heterocycles. The number of benzene rings is 3. The van der Waals surface area contributed by atoms with Crippen molar-refractivity contribution >= 4 is 25.2 Å². The number of rotatable bonds is 14. The van der Waals surface area contributed by atoms with Crippen molar-refractivity contribution in [3.05, 3.63) is 101 Å². The third-order valence-electron chi connectivity index (χ3n) is 8.59. The summed E-state index contributed by atoms with van der Waals surface area (Å²) in [6.45, 7) is 14.3. The molecule has 230 valence electrons. The Hall–Kier alpha value is -3.43. The summed E-state index contributed by atoms with van der Waals surface area (Å²) in [7, 11) is -2.13. The van der Waals surface area contributed by atoms with Crippen molar-refractivity contribution < 1.29 is 24.2 Å². The maximum Gasteiger partial charge on any atom is 0.352 e. The van der Waals surface area contributed by atoms with E-state index in [2.05, 4.69) is 69.3 Å². The van der Waals surface area contributed by atoms with Crippen molar-refractivity contribution in [1.82, 2.24) is 10.3 Å². The Labute approximate surface area is 256 Å². The van der Waals surface area contributed by atoms with Gasteiger partial charge in [-0.25, -0.2) is 4.79 Å². The van der Waals surface area contributed by atoms with Gasteiger partial charge in [0.1, 0.15) is 18.1 Å². The largest absolute Gasteiger partial charge is 0.489 e. The van der Waals surface area contributed by atoms with Crippen LogP contribution in [0.4, 0.5) is 0 Å². The van der Waals surface area contributed by atoms with E-state index in [9.17, 15) is 15.0 Å². The molecule has 0 bridgehead atoms. The van der Waals surface area contributed by atoms with Gasteiger partial charge in [-0.05, 0) is 78.0 Å². The summed E-state index contributed by atoms with van der Waals surface area (Å²) in [6.07, 6.45) is 1.53. The standard InChI is InChI=1S/C35H46N2O5Si/c1-7-29(18-25-13-15-30-27(17-25)20-31(37-30)34(39)40)36-21-33(42-43(5,6)35(2,3)4)26-14-16-32(28(19-26)22-38)41-23-24-11-9-8-10-12-24/h8-17,19-20,29,33,36-38H,7,18,21-23H2,1-6H3,(H,39,40). The van der Waals surface area contributed by atoms with Gasteiger partial charge in [-0.15, -0.1) is 0 Å². The molecule has 0 spiro atoms. The Kier molecular flexibility index (Phi) is 10.5. The predicted molar refractivity (Wildman–Crippen MR) is 175 cm³/mol. The van der Waals surface area contributed by atoms with Gasteiger partial charge >= 0.3 is 5.97 Å². The fourth-order valence-electron chi connectivity index (χ4n) is 4.90. The lowest BCUT2D eigenvalue weighted by Crippen LogP contribution is -2.44. The molecule has 43 heavy (non-hydrogen) atoms. The fraction of sp³-hybridized carbons (Fsp3) is 0.400. The van der Waals surface area contributed by atoms with Crippen molar-refractivity contribution in [3.8, 4) is 5.75 Å². The van der Waals surface area contributed by atoms with Gasteiger partial charge in [-0.1, -0.05) is 70.2 Å². The van der Waals surface area contributed by atoms with Crippen LogP contribution in [0.5, 0.6) is 5.75 Å². The highest BCUT2D eigenvalue weighted by Crippen LogP contribution is 2.40. The average molecular weight is 603 g/mol. The zero-order chi connectivity index (χ0) is 31.2. The topological polar surface area (TPSA) is 104 Å². The molecule has 4 N–H and O–H groups in total. The van der Waals surface area contributed by atoms with E-state index < -0.39 is 14.3 Å². The first kappa shape index (κ1) is 32.5. The number of hydrogen-bond acceptors (Lipinski definition) is 5. The number of fused-ring (bicyclic) bond motifs is 1. The number of aromatic nitrogens is 1. The summed E-state index contributed by atoms with van der Waals surface area (Å²) in [5.74, 6) is -0.287. The molecule has 0 amide bonds. The Morgan fingerprint density at radius 1 is 1.00 bits per heavy atom. The van der Waals surface area contributed by atoms with Gasteiger partial charge < -0.3 is 29.7 Å². The van der Waals surface area contributed by atoms with E-state index >= 15 is 0 Å². The van der Waals surface area contributed by atoms with Crippen LogP contribution >= 0.6 is 0 Å². The van der Waals surface area contributed by atoms with E-state index in [1.807, 2.05) is 48.5 Å². The van der Waals surface area contributed by atoms with Crippen molar-refractivity contribution in [2.75, 3.05) is 6.54 Å². The Balaban J connectivity index is 1.53. The molecule has 1 heterocycles. The summed E-state index contributed by atoms with van der Waals surface area (Å²) in [5, 5.41) is 24.3. The second kappa shape index (κ2) is 13.9. The molecule has 8 heteroatoms. The number of aliphatic hydroxyl groups is 1. The number of nitrogens with one attached hydrogen (secondary N) is 2. The summed E-state index contributed by atoms with van der Waals surface area (Å²) < 4.78 is 13.1. The predicted octanol–water partition coefficient (Wildman–Crippen LogP) is 7.61. The van der Waals surface area contributed by atoms with E-state index in [4.69, 9.17) is 9.16 Å². The highest BCUT2D eigenvalue weighted by atomic mass is 28.4. The van der Waals surface area contributed by atoms with Gasteiger partial charge in [-0.3, -0.25) is 0 Å². The summed E-state index contributed by atoms with van der Waals surface area (Å²) in [5.41, 5.74) is 4.99. The number of aromatic carboxylic acids is 1. The molecular weight excluding hydrogens is 556 g/mol. The first-order valence-corrected chi connectivity index (χ1v) is 18.0. The maximum atomic E-state index is 11.4. The number of ether oxygens (including phenoxy) is 1. The number of H-pyrrole nitrogens is 1. The van der Waals surface area contributed by atoms with Crippen LogP contribution in [0, 0.1) is 0 Å². The van der Waals surface area contributed by atoms with Crippen LogP contribution in [-0.4, -0.2) is 42.1 Å². The zero-order valence-electron chi connectivity index (χ0n) is 26.2. The highest BCUT2D eigenvalue weighted by Gasteiger charge is 2.39. The summed E-state index contributed by atoms with van der Waals surface area (Å²) >= 11 is 0. The van der Waals surface area contributed by atoms with Gasteiger partial charge in [0.05, 0.1) is 12.7 Å². The number of carboxylic acids is 1. The molecule has 1 aromatic heterocycles. The molecule has 0 radical (unpaired) electrons. The molecule has 2 atom stereocenters. The number of aliphatic hydroxyl groups excluding tert-OH is 1. The van der Waals surface area contributed by atoms with E-state index in [1.54, 1.807) is 6.07 Å². The van der Waals surface area contributed by atoms with Gasteiger partial charge in [0.2, 0.25) is 0 Å². The molecule has 4 rings (SSSR count). The lowest BCUT2D eigenvalue weighted by molar-refractivity contribution is 0.0691. The van der Waals surface area contributed by atoms with Crippen LogP contribution in [0.1, 0.15) is 73.0 Å². The van der Waals surface area contributed by atoms with Crippen LogP contribution in [0.2, 0.25) is 18.1 Å². The van der Waals surface area contributed by atoms with Crippen LogP contribution in [-0.2, 0) is 24.1 Å². The molecule has 7 nitrogen and oxygen atoms in total. The lowest BCUT2D eigenvalue weighted by atomic mass is 10.0. The van der Waals surface area contributed by atoms with Gasteiger partial charge in [0.25, 0.3) is 0 Å². The van der Waals surface area contributed by atoms with Crippen molar-refractivity contribution in [1.29, 1.82) is 0 Å². The Morgan fingerprint density at radius 2 is 1.74 bits per heavy atom. The lowest BCUT2D eigenvalue weighted by Gasteiger charge is -2.40. The Bertz CT molecular complexity index is 1510. The maximum absolute atomic E-state index is 11.4. The van der Waals surface area contributed by atoms with Crippen LogP contribution in [0.15, 0.2) is 72.8 Å². The van der Waals surface area contributed by atoms with Crippen molar-refractivity contribution in [2.24, 2.45) is 0 Å². The molecule has 0 aliphatic rings. The smallest absolute Gasteiger partial charge is 0.352 e. The molecule has 0 fully saturated rings. The minimum atomic E-state index is -2.13. The number of carbonyl (C=O) groups is 1. The average Bonchev–Trinajstić information content (AvgIpc) is 3.41. The molecule has 3 aromatic carbocycles. The molecule has 0 aliphatic heterocycles. The summed E-state index contributed by atoms with van der Waals surface area (Å²) in [6, 6.07) is 24.0. The molecule has 0 saturated carbocycles. The minimum absolute atomic E-state index is 0.0364. The van der Waals surface area contributed by atoms with E-state index in [0.29, 0.717) is 18.9 Å². The number of hydrogen-bond donors (Lipinski definition) is 4. The second-order valence-electron chi connectivity index (χ2n) is 12.8. The van der Waals surface area contributed by atoms with E-state index in [-0.39, 0.29) is 29.5 Å². The highest BCUT2D eigenvalue weighted by molar-refractivity contribution is 6.74. The molecular formula is C35H46N2O5Si. The first-order valence-electron chi connectivity index (χ1n) is 15.1. The Morgan fingerprint density at radius 3 is 2.40 bits per heavy atom. The molecule has 4 aromatic rings. The molecule has 0 aliphatic carbocycles. The third-order valence-corrected chi connectivity index (χ3v) is 13.1. The minimum Gasteiger partial charge on any atom is -0.489 e. The summed E-state index contributed by atoms with van der Waals surface area (Å²) in [4.78, 5) is 14.3. The van der Waals surface area contributed by atoms with Crippen molar-refractivity contribution in [3.63, 3.8) is 0 Å². The van der Waals surface area contributed by atoms with Crippen LogP contribution in [0.3, 0.4) is 0 Å². The van der Waals surface area contributed by atoms with Crippen LogP contribution in [0.25, 0.3) is 10.9 Å². The quantitative estimate of drug-likeness (QED) is 0.111. The normalized spacial score (nSPS) is 13.7. The van der Waals surface area contributed by atoms with Gasteiger partial charge in [0.15, 0.2) is 8.32 Å². The second-order valence-corrected chi connectivity index (χ2v) is 17.5. The fourth-order valence-corrected chi connectivity index (χ4v) is 6.19. The van der Waals surface area contributed by atoms with E-state index in [0.717, 1.165) is 46.0 Å². The van der Waals surface area contributed by atoms with Gasteiger partial charge in [0, 0.05) is 29.1 Å². The van der Waals surface area contributed by atoms with Gasteiger partial charge in [-0.2, -0.15) is 0 Å². The molecule has 2 unspecified atom stereocenters. The SMILES string of the molecule is CCC(Cc1ccc2[nH]c(C(=O)O)cc2c1)NCC(O[Si](C)(C)C(C)(C)C)c1ccc(OCc2ccccc2)c(CO)c1.